The average molecular weight is 338 g/mol. The lowest BCUT2D eigenvalue weighted by molar-refractivity contribution is -0.128. The van der Waals surface area contributed by atoms with Crippen LogP contribution < -0.4 is 5.32 Å². The van der Waals surface area contributed by atoms with Gasteiger partial charge in [0.25, 0.3) is 5.91 Å². The van der Waals surface area contributed by atoms with Crippen molar-refractivity contribution in [1.29, 1.82) is 0 Å². The van der Waals surface area contributed by atoms with Gasteiger partial charge in [-0.05, 0) is 23.3 Å². The summed E-state index contributed by atoms with van der Waals surface area (Å²) in [5.74, 6) is -0.0837. The number of nitrogens with one attached hydrogen (secondary N) is 1. The van der Waals surface area contributed by atoms with E-state index in [9.17, 15) is 9.59 Å². The second-order valence-corrected chi connectivity index (χ2v) is 6.27. The Kier molecular flexibility index (Phi) is 5.46. The number of likely N-dealkylation sites (tertiary alicyclic amines) is 1. The third-order valence-electron chi connectivity index (χ3n) is 4.27. The van der Waals surface area contributed by atoms with Gasteiger partial charge in [-0.3, -0.25) is 9.59 Å². The average Bonchev–Trinajstić information content (AvgIpc) is 2.95. The molecule has 1 aliphatic rings. The molecule has 1 atom stereocenters. The van der Waals surface area contributed by atoms with Crippen molar-refractivity contribution in [3.05, 3.63) is 71.3 Å². The Morgan fingerprint density at radius 2 is 1.92 bits per heavy atom. The van der Waals surface area contributed by atoms with Gasteiger partial charge in [0.1, 0.15) is 0 Å². The molecule has 2 amide bonds. The van der Waals surface area contributed by atoms with Crippen LogP contribution >= 0.6 is 0 Å². The fraction of sp³-hybridized carbons (Fsp3) is 0.300. The monoisotopic (exact) mass is 338 g/mol. The van der Waals surface area contributed by atoms with E-state index in [0.29, 0.717) is 31.7 Å². The van der Waals surface area contributed by atoms with Crippen LogP contribution in [-0.4, -0.2) is 36.4 Å². The van der Waals surface area contributed by atoms with Crippen LogP contribution in [-0.2, 0) is 22.7 Å². The van der Waals surface area contributed by atoms with Crippen LogP contribution in [0.3, 0.4) is 0 Å². The van der Waals surface area contributed by atoms with Crippen molar-refractivity contribution in [2.45, 2.75) is 25.6 Å². The molecule has 1 saturated heterocycles. The van der Waals surface area contributed by atoms with Crippen LogP contribution in [0.4, 0.5) is 0 Å². The Balaban J connectivity index is 1.59. The highest BCUT2D eigenvalue weighted by Gasteiger charge is 2.30. The maximum Gasteiger partial charge on any atom is 0.251 e. The molecule has 0 aliphatic carbocycles. The molecule has 2 aromatic carbocycles. The van der Waals surface area contributed by atoms with Gasteiger partial charge < -0.3 is 15.0 Å². The van der Waals surface area contributed by atoms with Crippen molar-refractivity contribution >= 4 is 11.8 Å². The van der Waals surface area contributed by atoms with E-state index in [-0.39, 0.29) is 17.9 Å². The molecule has 1 heterocycles. The number of carbonyl (C=O) groups is 2. The molecule has 25 heavy (non-hydrogen) atoms. The lowest BCUT2D eigenvalue weighted by atomic mass is 10.1. The van der Waals surface area contributed by atoms with Gasteiger partial charge >= 0.3 is 0 Å². The largest absolute Gasteiger partial charge is 0.380 e. The zero-order valence-electron chi connectivity index (χ0n) is 14.3. The summed E-state index contributed by atoms with van der Waals surface area (Å²) >= 11 is 0. The highest BCUT2D eigenvalue weighted by atomic mass is 16.5. The normalized spacial score (nSPS) is 16.9. The second-order valence-electron chi connectivity index (χ2n) is 6.27. The third-order valence-corrected chi connectivity index (χ3v) is 4.27. The molecule has 0 bridgehead atoms. The van der Waals surface area contributed by atoms with Gasteiger partial charge in [-0.25, -0.2) is 0 Å². The Hall–Kier alpha value is -2.66. The van der Waals surface area contributed by atoms with Crippen LogP contribution in [0.1, 0.15) is 27.9 Å². The summed E-state index contributed by atoms with van der Waals surface area (Å²) in [5, 5.41) is 2.97. The van der Waals surface area contributed by atoms with Crippen LogP contribution in [0.25, 0.3) is 0 Å². The first kappa shape index (κ1) is 17.2. The molecule has 0 radical (unpaired) electrons. The maximum absolute atomic E-state index is 12.4. The number of hydrogen-bond donors (Lipinski definition) is 1. The molecule has 0 aromatic heterocycles. The van der Waals surface area contributed by atoms with Gasteiger partial charge in [0.2, 0.25) is 5.91 Å². The van der Waals surface area contributed by atoms with Crippen molar-refractivity contribution in [1.82, 2.24) is 10.2 Å². The zero-order chi connectivity index (χ0) is 17.6. The Labute approximate surface area is 147 Å². The van der Waals surface area contributed by atoms with Crippen molar-refractivity contribution in [3.63, 3.8) is 0 Å². The topological polar surface area (TPSA) is 58.6 Å². The molecule has 0 saturated carbocycles. The van der Waals surface area contributed by atoms with Gasteiger partial charge in [-0.2, -0.15) is 0 Å². The fourth-order valence-corrected chi connectivity index (χ4v) is 3.06. The minimum atomic E-state index is -0.158. The minimum absolute atomic E-state index is 0.0716. The molecule has 1 aliphatic heterocycles. The first-order valence-corrected chi connectivity index (χ1v) is 8.36. The van der Waals surface area contributed by atoms with Crippen LogP contribution in [0.2, 0.25) is 0 Å². The molecule has 3 rings (SSSR count). The van der Waals surface area contributed by atoms with E-state index in [2.05, 4.69) is 5.32 Å². The molecule has 5 nitrogen and oxygen atoms in total. The smallest absolute Gasteiger partial charge is 0.251 e. The number of methoxy groups -OCH3 is 1. The van der Waals surface area contributed by atoms with Crippen molar-refractivity contribution in [2.24, 2.45) is 0 Å². The summed E-state index contributed by atoms with van der Waals surface area (Å²) in [5.41, 5.74) is 2.63. The van der Waals surface area contributed by atoms with E-state index in [1.165, 1.54) is 0 Å². The first-order valence-electron chi connectivity index (χ1n) is 8.36. The number of ether oxygens (including phenoxy) is 1. The molecule has 2 aromatic rings. The number of nitrogens with zero attached hydrogens (tertiary/aromatic N) is 1. The predicted molar refractivity (Wildman–Crippen MR) is 94.9 cm³/mol. The Bertz CT molecular complexity index is 746. The highest BCUT2D eigenvalue weighted by Crippen LogP contribution is 2.16. The second kappa shape index (κ2) is 7.94. The molecule has 5 heteroatoms. The summed E-state index contributed by atoms with van der Waals surface area (Å²) in [7, 11) is 1.62. The van der Waals surface area contributed by atoms with E-state index >= 15 is 0 Å². The van der Waals surface area contributed by atoms with Crippen LogP contribution in [0.15, 0.2) is 54.6 Å². The maximum atomic E-state index is 12.4. The SMILES string of the molecule is COCc1cccc(C(=O)N[C@H]2CC(=O)N(Cc3ccccc3)C2)c1. The van der Waals surface area contributed by atoms with E-state index in [0.717, 1.165) is 11.1 Å². The summed E-state index contributed by atoms with van der Waals surface area (Å²) in [6.07, 6.45) is 0.344. The lowest BCUT2D eigenvalue weighted by Crippen LogP contribution is -2.37. The van der Waals surface area contributed by atoms with Crippen molar-refractivity contribution in [3.8, 4) is 0 Å². The van der Waals surface area contributed by atoms with Gasteiger partial charge in [0.05, 0.1) is 12.6 Å². The van der Waals surface area contributed by atoms with E-state index in [1.54, 1.807) is 18.1 Å². The number of hydrogen-bond acceptors (Lipinski definition) is 3. The van der Waals surface area contributed by atoms with E-state index in [1.807, 2.05) is 48.5 Å². The van der Waals surface area contributed by atoms with Crippen LogP contribution in [0, 0.1) is 0 Å². The van der Waals surface area contributed by atoms with E-state index in [4.69, 9.17) is 4.74 Å². The summed E-state index contributed by atoms with van der Waals surface area (Å²) in [4.78, 5) is 26.4. The van der Waals surface area contributed by atoms with Gasteiger partial charge in [0, 0.05) is 32.2 Å². The third kappa shape index (κ3) is 4.45. The molecule has 0 unspecified atom stereocenters. The first-order chi connectivity index (χ1) is 12.2. The number of rotatable bonds is 6. The van der Waals surface area contributed by atoms with Gasteiger partial charge in [-0.1, -0.05) is 42.5 Å². The van der Waals surface area contributed by atoms with Gasteiger partial charge in [0.15, 0.2) is 0 Å². The Morgan fingerprint density at radius 3 is 2.68 bits per heavy atom. The van der Waals surface area contributed by atoms with Crippen LogP contribution in [0.5, 0.6) is 0 Å². The number of amides is 2. The van der Waals surface area contributed by atoms with Crippen molar-refractivity contribution in [2.75, 3.05) is 13.7 Å². The highest BCUT2D eigenvalue weighted by molar-refractivity contribution is 5.95. The molecular formula is C20H22N2O3. The molecular weight excluding hydrogens is 316 g/mol. The quantitative estimate of drug-likeness (QED) is 0.880. The standard InChI is InChI=1S/C20H22N2O3/c1-25-14-16-8-5-9-17(10-16)20(24)21-18-11-19(23)22(13-18)12-15-6-3-2-4-7-15/h2-10,18H,11-14H2,1H3,(H,21,24)/t18-/m0/s1. The summed E-state index contributed by atoms with van der Waals surface area (Å²) < 4.78 is 5.10. The molecule has 130 valence electrons. The lowest BCUT2D eigenvalue weighted by Gasteiger charge is -2.17. The molecule has 1 N–H and O–H groups in total. The number of carbonyl (C=O) groups excluding carboxylic acids is 2. The van der Waals surface area contributed by atoms with Crippen molar-refractivity contribution < 1.29 is 14.3 Å². The zero-order valence-corrected chi connectivity index (χ0v) is 14.3. The minimum Gasteiger partial charge on any atom is -0.380 e. The molecule has 1 fully saturated rings. The van der Waals surface area contributed by atoms with Gasteiger partial charge in [-0.15, -0.1) is 0 Å². The molecule has 0 spiro atoms. The summed E-state index contributed by atoms with van der Waals surface area (Å²) in [6.45, 7) is 1.58. The Morgan fingerprint density at radius 1 is 1.16 bits per heavy atom. The predicted octanol–water partition coefficient (Wildman–Crippen LogP) is 2.36. The summed E-state index contributed by atoms with van der Waals surface area (Å²) in [6, 6.07) is 17.1. The van der Waals surface area contributed by atoms with E-state index < -0.39 is 0 Å². The fourth-order valence-electron chi connectivity index (χ4n) is 3.06. The number of benzene rings is 2.